The molecule has 6 nitrogen and oxygen atoms in total. The lowest BCUT2D eigenvalue weighted by Gasteiger charge is -2.05. The molecule has 0 fully saturated rings. The summed E-state index contributed by atoms with van der Waals surface area (Å²) in [5.74, 6) is -0.474. The number of hydrogen-bond acceptors (Lipinski definition) is 6. The van der Waals surface area contributed by atoms with E-state index < -0.39 is 21.5 Å². The fourth-order valence-corrected chi connectivity index (χ4v) is 4.38. The Morgan fingerprint density at radius 2 is 1.79 bits per heavy atom. The van der Waals surface area contributed by atoms with Crippen molar-refractivity contribution in [1.29, 1.82) is 0 Å². The number of ether oxygens (including phenoxy) is 1. The fraction of sp³-hybridized carbons (Fsp3) is 0.200. The summed E-state index contributed by atoms with van der Waals surface area (Å²) in [5, 5.41) is 4.73. The number of aryl methyl sites for hydroxylation is 1. The van der Waals surface area contributed by atoms with Crippen LogP contribution in [0.4, 0.5) is 5.13 Å². The van der Waals surface area contributed by atoms with Crippen molar-refractivity contribution in [2.45, 2.75) is 18.7 Å². The molecule has 0 unspecified atom stereocenters. The first-order valence-corrected chi connectivity index (χ1v) is 11.2. The molecule has 0 saturated carbocycles. The first-order chi connectivity index (χ1) is 13.4. The molecule has 0 aliphatic carbocycles. The number of sulfone groups is 1. The Bertz CT molecular complexity index is 1060. The van der Waals surface area contributed by atoms with E-state index >= 15 is 0 Å². The van der Waals surface area contributed by atoms with Gasteiger partial charge in [-0.3, -0.25) is 4.79 Å². The number of carbonyl (C=O) groups is 1. The smallest absolute Gasteiger partial charge is 0.241 e. The van der Waals surface area contributed by atoms with Gasteiger partial charge in [-0.25, -0.2) is 13.4 Å². The Hall–Kier alpha value is -2.71. The second kappa shape index (κ2) is 8.53. The Labute approximate surface area is 168 Å². The molecule has 28 heavy (non-hydrogen) atoms. The summed E-state index contributed by atoms with van der Waals surface area (Å²) in [6.45, 7) is 4.38. The van der Waals surface area contributed by atoms with Crippen LogP contribution in [0.15, 0.2) is 58.8 Å². The maximum absolute atomic E-state index is 12.4. The molecule has 1 heterocycles. The van der Waals surface area contributed by atoms with E-state index in [0.717, 1.165) is 16.9 Å². The van der Waals surface area contributed by atoms with E-state index in [2.05, 4.69) is 10.3 Å². The van der Waals surface area contributed by atoms with Crippen LogP contribution in [0.5, 0.6) is 5.75 Å². The van der Waals surface area contributed by atoms with E-state index in [9.17, 15) is 13.2 Å². The van der Waals surface area contributed by atoms with Gasteiger partial charge in [-0.15, -0.1) is 11.3 Å². The van der Waals surface area contributed by atoms with Gasteiger partial charge >= 0.3 is 0 Å². The van der Waals surface area contributed by atoms with Crippen molar-refractivity contribution in [2.24, 2.45) is 0 Å². The maximum Gasteiger partial charge on any atom is 0.241 e. The van der Waals surface area contributed by atoms with Gasteiger partial charge in [0, 0.05) is 10.9 Å². The molecule has 0 saturated heterocycles. The van der Waals surface area contributed by atoms with Crippen molar-refractivity contribution >= 4 is 32.2 Å². The number of amides is 1. The third-order valence-electron chi connectivity index (χ3n) is 3.91. The molecule has 0 atom stereocenters. The van der Waals surface area contributed by atoms with Gasteiger partial charge in [0.25, 0.3) is 0 Å². The minimum absolute atomic E-state index is 0.127. The van der Waals surface area contributed by atoms with Gasteiger partial charge < -0.3 is 10.1 Å². The summed E-state index contributed by atoms with van der Waals surface area (Å²) in [6, 6.07) is 13.9. The maximum atomic E-state index is 12.4. The van der Waals surface area contributed by atoms with Crippen LogP contribution in [0.3, 0.4) is 0 Å². The topological polar surface area (TPSA) is 85.4 Å². The third-order valence-corrected chi connectivity index (χ3v) is 6.30. The molecule has 1 N–H and O–H groups in total. The molecule has 146 valence electrons. The SMILES string of the molecule is CCOc1ccc(-c2csc(NC(=O)CS(=O)(=O)c3ccc(C)cc3)n2)cc1. The van der Waals surface area contributed by atoms with Gasteiger partial charge in [-0.05, 0) is 50.2 Å². The lowest BCUT2D eigenvalue weighted by molar-refractivity contribution is -0.113. The molecule has 0 aliphatic heterocycles. The second-order valence-corrected chi connectivity index (χ2v) is 8.96. The first-order valence-electron chi connectivity index (χ1n) is 8.65. The minimum atomic E-state index is -3.70. The third kappa shape index (κ3) is 4.96. The Balaban J connectivity index is 1.65. The number of nitrogens with zero attached hydrogens (tertiary/aromatic N) is 1. The molecule has 2 aromatic carbocycles. The average molecular weight is 417 g/mol. The van der Waals surface area contributed by atoms with Crippen molar-refractivity contribution in [3.63, 3.8) is 0 Å². The van der Waals surface area contributed by atoms with Crippen LogP contribution < -0.4 is 10.1 Å². The fourth-order valence-electron chi connectivity index (χ4n) is 2.51. The van der Waals surface area contributed by atoms with Crippen LogP contribution in [-0.2, 0) is 14.6 Å². The van der Waals surface area contributed by atoms with E-state index in [-0.39, 0.29) is 4.90 Å². The summed E-state index contributed by atoms with van der Waals surface area (Å²) in [4.78, 5) is 16.7. The van der Waals surface area contributed by atoms with Crippen molar-refractivity contribution in [1.82, 2.24) is 4.98 Å². The zero-order valence-electron chi connectivity index (χ0n) is 15.5. The summed E-state index contributed by atoms with van der Waals surface area (Å²) in [6.07, 6.45) is 0. The van der Waals surface area contributed by atoms with E-state index in [1.807, 2.05) is 38.1 Å². The number of benzene rings is 2. The molecule has 0 aliphatic rings. The molecule has 0 spiro atoms. The number of thiazole rings is 1. The molecule has 1 aromatic heterocycles. The van der Waals surface area contributed by atoms with Crippen LogP contribution in [-0.4, -0.2) is 31.7 Å². The van der Waals surface area contributed by atoms with Gasteiger partial charge in [0.15, 0.2) is 15.0 Å². The summed E-state index contributed by atoms with van der Waals surface area (Å²) < 4.78 is 30.1. The molecule has 3 rings (SSSR count). The second-order valence-electron chi connectivity index (χ2n) is 6.12. The number of carbonyl (C=O) groups excluding carboxylic acids is 1. The Kier molecular flexibility index (Phi) is 6.11. The molecular weight excluding hydrogens is 396 g/mol. The van der Waals surface area contributed by atoms with E-state index in [4.69, 9.17) is 4.74 Å². The van der Waals surface area contributed by atoms with Gasteiger partial charge in [0.2, 0.25) is 5.91 Å². The Morgan fingerprint density at radius 1 is 1.11 bits per heavy atom. The van der Waals surface area contributed by atoms with Crippen molar-refractivity contribution in [3.8, 4) is 17.0 Å². The van der Waals surface area contributed by atoms with Gasteiger partial charge in [-0.1, -0.05) is 17.7 Å². The zero-order valence-corrected chi connectivity index (χ0v) is 17.1. The summed E-state index contributed by atoms with van der Waals surface area (Å²) in [5.41, 5.74) is 2.53. The largest absolute Gasteiger partial charge is 0.494 e. The number of aromatic nitrogens is 1. The predicted molar refractivity (Wildman–Crippen MR) is 111 cm³/mol. The average Bonchev–Trinajstić information content (AvgIpc) is 3.11. The zero-order chi connectivity index (χ0) is 20.1. The first kappa shape index (κ1) is 20.0. The molecular formula is C20H20N2O4S2. The standard InChI is InChI=1S/C20H20N2O4S2/c1-3-26-16-8-6-15(7-9-16)18-12-27-20(21-18)22-19(23)13-28(24,25)17-10-4-14(2)5-11-17/h4-12H,3,13H2,1-2H3,(H,21,22,23). The molecule has 8 heteroatoms. The van der Waals surface area contributed by atoms with Crippen molar-refractivity contribution in [2.75, 3.05) is 17.7 Å². The normalized spacial score (nSPS) is 11.2. The van der Waals surface area contributed by atoms with E-state index in [0.29, 0.717) is 17.4 Å². The summed E-state index contributed by atoms with van der Waals surface area (Å²) in [7, 11) is -3.70. The highest BCUT2D eigenvalue weighted by molar-refractivity contribution is 7.92. The van der Waals surface area contributed by atoms with Crippen LogP contribution >= 0.6 is 11.3 Å². The molecule has 3 aromatic rings. The van der Waals surface area contributed by atoms with Crippen LogP contribution in [0.25, 0.3) is 11.3 Å². The predicted octanol–water partition coefficient (Wildman–Crippen LogP) is 3.93. The lowest BCUT2D eigenvalue weighted by atomic mass is 10.2. The quantitative estimate of drug-likeness (QED) is 0.631. The highest BCUT2D eigenvalue weighted by Gasteiger charge is 2.20. The summed E-state index contributed by atoms with van der Waals surface area (Å²) >= 11 is 1.24. The monoisotopic (exact) mass is 416 g/mol. The number of nitrogens with one attached hydrogen (secondary N) is 1. The van der Waals surface area contributed by atoms with Crippen LogP contribution in [0.2, 0.25) is 0 Å². The van der Waals surface area contributed by atoms with Crippen LogP contribution in [0.1, 0.15) is 12.5 Å². The number of rotatable bonds is 7. The molecule has 0 radical (unpaired) electrons. The van der Waals surface area contributed by atoms with E-state index in [1.54, 1.807) is 17.5 Å². The lowest BCUT2D eigenvalue weighted by Crippen LogP contribution is -2.22. The highest BCUT2D eigenvalue weighted by atomic mass is 32.2. The highest BCUT2D eigenvalue weighted by Crippen LogP contribution is 2.26. The number of anilines is 1. The van der Waals surface area contributed by atoms with Crippen LogP contribution in [0, 0.1) is 6.92 Å². The molecule has 1 amide bonds. The van der Waals surface area contributed by atoms with E-state index in [1.165, 1.54) is 23.5 Å². The van der Waals surface area contributed by atoms with Crippen molar-refractivity contribution in [3.05, 3.63) is 59.5 Å². The van der Waals surface area contributed by atoms with Gasteiger partial charge in [0.05, 0.1) is 17.2 Å². The minimum Gasteiger partial charge on any atom is -0.494 e. The van der Waals surface area contributed by atoms with Gasteiger partial charge in [0.1, 0.15) is 11.5 Å². The Morgan fingerprint density at radius 3 is 2.43 bits per heavy atom. The van der Waals surface area contributed by atoms with Gasteiger partial charge in [-0.2, -0.15) is 0 Å². The van der Waals surface area contributed by atoms with Crippen molar-refractivity contribution < 1.29 is 17.9 Å². The number of hydrogen-bond donors (Lipinski definition) is 1. The molecule has 0 bridgehead atoms.